The molecule has 5 nitrogen and oxygen atoms in total. The zero-order chi connectivity index (χ0) is 25.7. The number of alkyl halides is 3. The van der Waals surface area contributed by atoms with Gasteiger partial charge in [0.2, 0.25) is 0 Å². The molecule has 0 aromatic heterocycles. The zero-order valence-corrected chi connectivity index (χ0v) is 19.8. The molecule has 2 amide bonds. The highest BCUT2D eigenvalue weighted by atomic mass is 32.2. The highest BCUT2D eigenvalue weighted by molar-refractivity contribution is 8.01. The van der Waals surface area contributed by atoms with Crippen LogP contribution in [0.2, 0.25) is 0 Å². The molecule has 36 heavy (non-hydrogen) atoms. The fourth-order valence-corrected chi connectivity index (χ4v) is 6.11. The van der Waals surface area contributed by atoms with Crippen molar-refractivity contribution in [1.82, 2.24) is 4.90 Å². The first kappa shape index (κ1) is 24.2. The average molecular weight is 517 g/mol. The molecule has 0 saturated carbocycles. The fraction of sp³-hybridized carbons (Fsp3) is 0.231. The number of carbonyl (C=O) groups is 2. The van der Waals surface area contributed by atoms with E-state index >= 15 is 0 Å². The molecule has 0 N–H and O–H groups in total. The van der Waals surface area contributed by atoms with Crippen LogP contribution < -0.4 is 9.64 Å². The minimum absolute atomic E-state index is 0.108. The van der Waals surface area contributed by atoms with E-state index in [9.17, 15) is 27.2 Å². The number of halogens is 4. The number of amides is 2. The molecule has 2 aliphatic heterocycles. The SMILES string of the molecule is COc1ccc2c(c1)C1(SCCN1C(=O)c1ccc(F)cc1)C(=O)N2Cc1cccc(C(F)(F)F)c1. The number of methoxy groups -OCH3 is 1. The van der Waals surface area contributed by atoms with Crippen molar-refractivity contribution in [2.75, 3.05) is 24.3 Å². The van der Waals surface area contributed by atoms with Gasteiger partial charge >= 0.3 is 6.18 Å². The van der Waals surface area contributed by atoms with Crippen molar-refractivity contribution in [3.05, 3.63) is 94.8 Å². The molecular formula is C26H20F4N2O3S. The number of carbonyl (C=O) groups excluding carboxylic acids is 2. The maximum atomic E-state index is 14.1. The van der Waals surface area contributed by atoms with E-state index in [4.69, 9.17) is 4.74 Å². The van der Waals surface area contributed by atoms with Crippen LogP contribution in [-0.2, 0) is 22.4 Å². The van der Waals surface area contributed by atoms with Gasteiger partial charge in [-0.05, 0) is 60.2 Å². The third-order valence-electron chi connectivity index (χ3n) is 6.33. The lowest BCUT2D eigenvalue weighted by Crippen LogP contribution is -2.50. The number of hydrogen-bond acceptors (Lipinski definition) is 4. The maximum Gasteiger partial charge on any atom is 0.416 e. The summed E-state index contributed by atoms with van der Waals surface area (Å²) >= 11 is 1.28. The van der Waals surface area contributed by atoms with E-state index in [1.54, 1.807) is 18.2 Å². The molecule has 2 aliphatic rings. The highest BCUT2D eigenvalue weighted by Gasteiger charge is 2.59. The van der Waals surface area contributed by atoms with Gasteiger partial charge in [-0.25, -0.2) is 4.39 Å². The molecule has 5 rings (SSSR count). The van der Waals surface area contributed by atoms with Crippen molar-refractivity contribution in [2.24, 2.45) is 0 Å². The smallest absolute Gasteiger partial charge is 0.416 e. The summed E-state index contributed by atoms with van der Waals surface area (Å²) in [4.78, 5) is 29.0. The quantitative estimate of drug-likeness (QED) is 0.434. The van der Waals surface area contributed by atoms with Gasteiger partial charge in [0.05, 0.1) is 24.9 Å². The number of ether oxygens (including phenoxy) is 1. The van der Waals surface area contributed by atoms with Crippen LogP contribution in [0.25, 0.3) is 0 Å². The molecule has 186 valence electrons. The minimum Gasteiger partial charge on any atom is -0.497 e. The van der Waals surface area contributed by atoms with Crippen LogP contribution in [0, 0.1) is 5.82 Å². The van der Waals surface area contributed by atoms with E-state index in [1.807, 2.05) is 0 Å². The second-order valence-corrected chi connectivity index (χ2v) is 9.72. The third kappa shape index (κ3) is 3.89. The Kier molecular flexibility index (Phi) is 5.94. The summed E-state index contributed by atoms with van der Waals surface area (Å²) in [5.74, 6) is -0.420. The topological polar surface area (TPSA) is 49.9 Å². The van der Waals surface area contributed by atoms with Gasteiger partial charge in [-0.3, -0.25) is 9.59 Å². The second kappa shape index (κ2) is 8.85. The van der Waals surface area contributed by atoms with Crippen LogP contribution >= 0.6 is 11.8 Å². The molecule has 2 heterocycles. The standard InChI is InChI=1S/C26H20F4N2O3S/c1-35-20-9-10-22-21(14-20)25(32(11-12-36-25)23(33)17-5-7-19(27)8-6-17)24(34)31(22)15-16-3-2-4-18(13-16)26(28,29)30/h2-10,13-14H,11-12,15H2,1H3. The van der Waals surface area contributed by atoms with Crippen LogP contribution in [-0.4, -0.2) is 36.1 Å². The second-order valence-electron chi connectivity index (χ2n) is 8.43. The van der Waals surface area contributed by atoms with Crippen LogP contribution in [0.15, 0.2) is 66.7 Å². The zero-order valence-electron chi connectivity index (χ0n) is 19.0. The lowest BCUT2D eigenvalue weighted by Gasteiger charge is -2.33. The summed E-state index contributed by atoms with van der Waals surface area (Å²) in [6.45, 7) is 0.156. The first-order valence-electron chi connectivity index (χ1n) is 11.0. The fourth-order valence-electron chi connectivity index (χ4n) is 4.66. The predicted octanol–water partition coefficient (Wildman–Crippen LogP) is 5.44. The van der Waals surface area contributed by atoms with Crippen molar-refractivity contribution < 1.29 is 31.9 Å². The van der Waals surface area contributed by atoms with Gasteiger partial charge in [-0.2, -0.15) is 13.2 Å². The van der Waals surface area contributed by atoms with E-state index < -0.39 is 34.2 Å². The Labute approximate surface area is 208 Å². The number of hydrogen-bond donors (Lipinski definition) is 0. The van der Waals surface area contributed by atoms with Crippen molar-refractivity contribution >= 4 is 29.3 Å². The van der Waals surface area contributed by atoms with Crippen LogP contribution in [0.4, 0.5) is 23.2 Å². The maximum absolute atomic E-state index is 14.1. The molecular weight excluding hydrogens is 496 g/mol. The Morgan fingerprint density at radius 3 is 2.53 bits per heavy atom. The van der Waals surface area contributed by atoms with E-state index in [0.29, 0.717) is 28.3 Å². The summed E-state index contributed by atoms with van der Waals surface area (Å²) in [6, 6.07) is 14.9. The van der Waals surface area contributed by atoms with E-state index in [-0.39, 0.29) is 18.7 Å². The summed E-state index contributed by atoms with van der Waals surface area (Å²) in [6.07, 6.45) is -4.52. The van der Waals surface area contributed by atoms with Crippen LogP contribution in [0.1, 0.15) is 27.0 Å². The van der Waals surface area contributed by atoms with Crippen molar-refractivity contribution in [3.63, 3.8) is 0 Å². The number of fused-ring (bicyclic) bond motifs is 2. The molecule has 3 aromatic carbocycles. The molecule has 1 saturated heterocycles. The number of anilines is 1. The van der Waals surface area contributed by atoms with Crippen molar-refractivity contribution in [2.45, 2.75) is 17.6 Å². The minimum atomic E-state index is -4.52. The van der Waals surface area contributed by atoms with Gasteiger partial charge in [-0.1, -0.05) is 12.1 Å². The summed E-state index contributed by atoms with van der Waals surface area (Å²) in [7, 11) is 1.48. The number of benzene rings is 3. The Morgan fingerprint density at radius 2 is 1.83 bits per heavy atom. The van der Waals surface area contributed by atoms with Gasteiger partial charge < -0.3 is 14.5 Å². The predicted molar refractivity (Wildman–Crippen MR) is 127 cm³/mol. The molecule has 1 spiro atoms. The molecule has 1 fully saturated rings. The Balaban J connectivity index is 1.58. The van der Waals surface area contributed by atoms with E-state index in [0.717, 1.165) is 12.1 Å². The third-order valence-corrected chi connectivity index (χ3v) is 7.75. The van der Waals surface area contributed by atoms with Crippen LogP contribution in [0.5, 0.6) is 5.75 Å². The van der Waals surface area contributed by atoms with Gasteiger partial charge in [0.1, 0.15) is 11.6 Å². The Hall–Kier alpha value is -3.53. The van der Waals surface area contributed by atoms with E-state index in [2.05, 4.69) is 0 Å². The molecule has 0 radical (unpaired) electrons. The van der Waals surface area contributed by atoms with Gasteiger partial charge in [0.25, 0.3) is 11.8 Å². The molecule has 10 heteroatoms. The summed E-state index contributed by atoms with van der Waals surface area (Å²) in [5, 5.41) is 0. The number of thioether (sulfide) groups is 1. The highest BCUT2D eigenvalue weighted by Crippen LogP contribution is 2.55. The molecule has 3 aromatic rings. The number of rotatable bonds is 4. The average Bonchev–Trinajstić information content (AvgIpc) is 3.40. The lowest BCUT2D eigenvalue weighted by molar-refractivity contribution is -0.137. The Bertz CT molecular complexity index is 1350. The van der Waals surface area contributed by atoms with Crippen molar-refractivity contribution in [1.29, 1.82) is 0 Å². The molecule has 1 unspecified atom stereocenters. The largest absolute Gasteiger partial charge is 0.497 e. The molecule has 1 atom stereocenters. The van der Waals surface area contributed by atoms with Crippen LogP contribution in [0.3, 0.4) is 0 Å². The monoisotopic (exact) mass is 516 g/mol. The summed E-state index contributed by atoms with van der Waals surface area (Å²) < 4.78 is 58.7. The van der Waals surface area contributed by atoms with E-state index in [1.165, 1.54) is 65.1 Å². The Morgan fingerprint density at radius 1 is 1.08 bits per heavy atom. The van der Waals surface area contributed by atoms with Gasteiger partial charge in [0.15, 0.2) is 4.87 Å². The molecule has 0 aliphatic carbocycles. The number of nitrogens with zero attached hydrogens (tertiary/aromatic N) is 2. The first-order chi connectivity index (χ1) is 17.1. The lowest BCUT2D eigenvalue weighted by atomic mass is 10.0. The first-order valence-corrected chi connectivity index (χ1v) is 12.0. The van der Waals surface area contributed by atoms with Gasteiger partial charge in [-0.15, -0.1) is 11.8 Å². The van der Waals surface area contributed by atoms with Crippen molar-refractivity contribution in [3.8, 4) is 5.75 Å². The molecule has 0 bridgehead atoms. The summed E-state index contributed by atoms with van der Waals surface area (Å²) in [5.41, 5.74) is 0.740. The van der Waals surface area contributed by atoms with Gasteiger partial charge in [0, 0.05) is 23.4 Å². The normalized spacial score (nSPS) is 19.2.